The van der Waals surface area contributed by atoms with Gasteiger partial charge < -0.3 is 19.7 Å². The maximum absolute atomic E-state index is 12.5. The van der Waals surface area contributed by atoms with E-state index >= 15 is 0 Å². The zero-order valence-electron chi connectivity index (χ0n) is 14.1. The molecular formula is C17H18N4O5. The SMILES string of the molecule is COc1ccc(NC(=O)N2CCOc3nc(C(=O)NO)ccc3C2)cc1. The smallest absolute Gasteiger partial charge is 0.322 e. The molecule has 0 spiro atoms. The third-order valence-corrected chi connectivity index (χ3v) is 3.86. The van der Waals surface area contributed by atoms with E-state index in [4.69, 9.17) is 14.7 Å². The zero-order chi connectivity index (χ0) is 18.5. The lowest BCUT2D eigenvalue weighted by molar-refractivity contribution is 0.0699. The lowest BCUT2D eigenvalue weighted by Crippen LogP contribution is -2.36. The average Bonchev–Trinajstić information content (AvgIpc) is 2.89. The van der Waals surface area contributed by atoms with Crippen LogP contribution in [0.2, 0.25) is 0 Å². The number of anilines is 1. The predicted molar refractivity (Wildman–Crippen MR) is 91.4 cm³/mol. The summed E-state index contributed by atoms with van der Waals surface area (Å²) in [5.74, 6) is 0.245. The molecule has 3 amide bonds. The second-order valence-electron chi connectivity index (χ2n) is 5.53. The number of hydroxylamine groups is 1. The molecule has 0 fully saturated rings. The molecule has 0 atom stereocenters. The molecule has 1 aromatic carbocycles. The largest absolute Gasteiger partial charge is 0.497 e. The van der Waals surface area contributed by atoms with Crippen molar-refractivity contribution in [3.8, 4) is 11.6 Å². The first-order chi connectivity index (χ1) is 12.6. The van der Waals surface area contributed by atoms with Crippen LogP contribution in [0.4, 0.5) is 10.5 Å². The number of rotatable bonds is 3. The number of nitrogens with zero attached hydrogens (tertiary/aromatic N) is 2. The van der Waals surface area contributed by atoms with E-state index in [0.717, 1.165) is 0 Å². The van der Waals surface area contributed by atoms with Gasteiger partial charge in [0.25, 0.3) is 5.91 Å². The van der Waals surface area contributed by atoms with E-state index in [0.29, 0.717) is 23.5 Å². The normalized spacial score (nSPS) is 13.1. The molecule has 0 aliphatic carbocycles. The summed E-state index contributed by atoms with van der Waals surface area (Å²) in [4.78, 5) is 29.6. The quantitative estimate of drug-likeness (QED) is 0.568. The van der Waals surface area contributed by atoms with Crippen molar-refractivity contribution in [1.82, 2.24) is 15.4 Å². The molecule has 3 rings (SSSR count). The number of methoxy groups -OCH3 is 1. The Kier molecular flexibility index (Phi) is 5.18. The van der Waals surface area contributed by atoms with Gasteiger partial charge in [-0.3, -0.25) is 10.0 Å². The van der Waals surface area contributed by atoms with E-state index < -0.39 is 5.91 Å². The number of carbonyl (C=O) groups excluding carboxylic acids is 2. The minimum atomic E-state index is -0.727. The monoisotopic (exact) mass is 358 g/mol. The van der Waals surface area contributed by atoms with Crippen LogP contribution >= 0.6 is 0 Å². The lowest BCUT2D eigenvalue weighted by Gasteiger charge is -2.20. The first kappa shape index (κ1) is 17.5. The Morgan fingerprint density at radius 1 is 1.23 bits per heavy atom. The Morgan fingerprint density at radius 2 is 2.00 bits per heavy atom. The molecule has 0 radical (unpaired) electrons. The third kappa shape index (κ3) is 3.83. The minimum Gasteiger partial charge on any atom is -0.497 e. The second-order valence-corrected chi connectivity index (χ2v) is 5.53. The molecule has 2 heterocycles. The van der Waals surface area contributed by atoms with Crippen molar-refractivity contribution in [3.05, 3.63) is 47.7 Å². The van der Waals surface area contributed by atoms with Gasteiger partial charge in [0.15, 0.2) is 0 Å². The molecule has 0 saturated carbocycles. The van der Waals surface area contributed by atoms with Crippen LogP contribution in [0.15, 0.2) is 36.4 Å². The number of benzene rings is 1. The molecule has 1 aromatic heterocycles. The van der Waals surface area contributed by atoms with Gasteiger partial charge in [0, 0.05) is 11.3 Å². The van der Waals surface area contributed by atoms with Crippen molar-refractivity contribution in [2.75, 3.05) is 25.6 Å². The van der Waals surface area contributed by atoms with Gasteiger partial charge in [-0.2, -0.15) is 0 Å². The van der Waals surface area contributed by atoms with Gasteiger partial charge >= 0.3 is 6.03 Å². The fourth-order valence-electron chi connectivity index (χ4n) is 2.49. The van der Waals surface area contributed by atoms with Crippen LogP contribution in [0, 0.1) is 0 Å². The van der Waals surface area contributed by atoms with Crippen LogP contribution in [0.5, 0.6) is 11.6 Å². The highest BCUT2D eigenvalue weighted by Gasteiger charge is 2.22. The van der Waals surface area contributed by atoms with E-state index in [1.54, 1.807) is 42.3 Å². The molecule has 0 saturated heterocycles. The van der Waals surface area contributed by atoms with Gasteiger partial charge in [-0.05, 0) is 36.4 Å². The summed E-state index contributed by atoms with van der Waals surface area (Å²) < 4.78 is 10.6. The van der Waals surface area contributed by atoms with Crippen LogP contribution in [0.25, 0.3) is 0 Å². The Hall–Kier alpha value is -3.33. The van der Waals surface area contributed by atoms with Gasteiger partial charge in [-0.1, -0.05) is 0 Å². The van der Waals surface area contributed by atoms with Crippen molar-refractivity contribution in [1.29, 1.82) is 0 Å². The number of pyridine rings is 1. The molecule has 2 aromatic rings. The molecule has 1 aliphatic heterocycles. The molecular weight excluding hydrogens is 340 g/mol. The van der Waals surface area contributed by atoms with E-state index in [9.17, 15) is 9.59 Å². The summed E-state index contributed by atoms with van der Waals surface area (Å²) in [6, 6.07) is 9.84. The molecule has 0 unspecified atom stereocenters. The minimum absolute atomic E-state index is 0.0300. The molecule has 9 nitrogen and oxygen atoms in total. The number of ether oxygens (including phenoxy) is 2. The topological polar surface area (TPSA) is 113 Å². The van der Waals surface area contributed by atoms with Gasteiger partial charge in [-0.15, -0.1) is 0 Å². The maximum atomic E-state index is 12.5. The maximum Gasteiger partial charge on any atom is 0.322 e. The van der Waals surface area contributed by atoms with Crippen molar-refractivity contribution in [2.24, 2.45) is 0 Å². The summed E-state index contributed by atoms with van der Waals surface area (Å²) in [5, 5.41) is 11.5. The molecule has 136 valence electrons. The molecule has 1 aliphatic rings. The van der Waals surface area contributed by atoms with Crippen LogP contribution in [0.1, 0.15) is 16.1 Å². The number of hydrogen-bond acceptors (Lipinski definition) is 6. The number of aromatic nitrogens is 1. The predicted octanol–water partition coefficient (Wildman–Crippen LogP) is 1.64. The van der Waals surface area contributed by atoms with E-state index in [1.807, 2.05) is 0 Å². The summed E-state index contributed by atoms with van der Waals surface area (Å²) in [7, 11) is 1.58. The van der Waals surface area contributed by atoms with Crippen LogP contribution < -0.4 is 20.3 Å². The first-order valence-electron chi connectivity index (χ1n) is 7.88. The zero-order valence-corrected chi connectivity index (χ0v) is 14.1. The Bertz CT molecular complexity index is 809. The number of hydrogen-bond donors (Lipinski definition) is 3. The standard InChI is InChI=1S/C17H18N4O5/c1-25-13-5-3-12(4-6-13)18-17(23)21-8-9-26-16-11(10-21)2-7-14(19-16)15(22)20-24/h2-7,24H,8-10H2,1H3,(H,18,23)(H,20,22). The first-order valence-corrected chi connectivity index (χ1v) is 7.88. The Labute approximate surface area is 149 Å². The number of carbonyl (C=O) groups is 2. The summed E-state index contributed by atoms with van der Waals surface area (Å²) in [6.45, 7) is 0.880. The molecule has 0 bridgehead atoms. The number of amides is 3. The highest BCUT2D eigenvalue weighted by molar-refractivity contribution is 5.91. The summed E-state index contributed by atoms with van der Waals surface area (Å²) >= 11 is 0. The highest BCUT2D eigenvalue weighted by Crippen LogP contribution is 2.22. The van der Waals surface area contributed by atoms with E-state index in [-0.39, 0.29) is 30.8 Å². The number of fused-ring (bicyclic) bond motifs is 1. The fourth-order valence-corrected chi connectivity index (χ4v) is 2.49. The van der Waals surface area contributed by atoms with Crippen molar-refractivity contribution < 1.29 is 24.3 Å². The third-order valence-electron chi connectivity index (χ3n) is 3.86. The summed E-state index contributed by atoms with van der Waals surface area (Å²) in [6.07, 6.45) is 0. The van der Waals surface area contributed by atoms with Crippen molar-refractivity contribution >= 4 is 17.6 Å². The van der Waals surface area contributed by atoms with Crippen LogP contribution in [-0.4, -0.2) is 47.3 Å². The van der Waals surface area contributed by atoms with Gasteiger partial charge in [0.2, 0.25) is 5.88 Å². The summed E-state index contributed by atoms with van der Waals surface area (Å²) in [5.41, 5.74) is 2.87. The number of urea groups is 1. The lowest BCUT2D eigenvalue weighted by atomic mass is 10.2. The molecule has 9 heteroatoms. The van der Waals surface area contributed by atoms with Gasteiger partial charge in [-0.25, -0.2) is 15.3 Å². The van der Waals surface area contributed by atoms with E-state index in [1.165, 1.54) is 11.5 Å². The van der Waals surface area contributed by atoms with Crippen LogP contribution in [0.3, 0.4) is 0 Å². The van der Waals surface area contributed by atoms with Gasteiger partial charge in [0.05, 0.1) is 20.2 Å². The fraction of sp³-hybridized carbons (Fsp3) is 0.235. The highest BCUT2D eigenvalue weighted by atomic mass is 16.5. The van der Waals surface area contributed by atoms with Crippen molar-refractivity contribution in [3.63, 3.8) is 0 Å². The van der Waals surface area contributed by atoms with Crippen LogP contribution in [-0.2, 0) is 6.54 Å². The molecule has 26 heavy (non-hydrogen) atoms. The van der Waals surface area contributed by atoms with Gasteiger partial charge in [0.1, 0.15) is 18.1 Å². The van der Waals surface area contributed by atoms with E-state index in [2.05, 4.69) is 10.3 Å². The second kappa shape index (κ2) is 7.70. The Balaban J connectivity index is 1.71. The number of nitrogens with one attached hydrogen (secondary N) is 2. The molecule has 3 N–H and O–H groups in total. The average molecular weight is 358 g/mol. The van der Waals surface area contributed by atoms with Crippen molar-refractivity contribution in [2.45, 2.75) is 6.54 Å². The Morgan fingerprint density at radius 3 is 2.69 bits per heavy atom.